The molecule has 0 saturated carbocycles. The number of amides is 1. The zero-order valence-electron chi connectivity index (χ0n) is 13.8. The van der Waals surface area contributed by atoms with Crippen molar-refractivity contribution in [1.82, 2.24) is 14.9 Å². The highest BCUT2D eigenvalue weighted by molar-refractivity contribution is 5.92. The zero-order valence-corrected chi connectivity index (χ0v) is 13.8. The van der Waals surface area contributed by atoms with E-state index in [2.05, 4.69) is 29.0 Å². The maximum absolute atomic E-state index is 12.6. The number of hydrogen-bond acceptors (Lipinski definition) is 4. The number of likely N-dealkylation sites (N-methyl/N-ethyl adjacent to an activating group) is 1. The smallest absolute Gasteiger partial charge is 0.356 e. The average molecular weight is 327 g/mol. The molecule has 1 aromatic heterocycles. The van der Waals surface area contributed by atoms with Crippen molar-refractivity contribution in [3.8, 4) is 0 Å². The number of carbonyl (C=O) groups excluding carboxylic acids is 1. The number of hydrogen-bond donors (Lipinski definition) is 1. The summed E-state index contributed by atoms with van der Waals surface area (Å²) in [6.45, 7) is 5.13. The fourth-order valence-electron chi connectivity index (χ4n) is 2.53. The first-order valence-corrected chi connectivity index (χ1v) is 7.96. The molecule has 1 unspecified atom stereocenters. The van der Waals surface area contributed by atoms with Gasteiger partial charge < -0.3 is 10.0 Å². The first-order chi connectivity index (χ1) is 11.6. The van der Waals surface area contributed by atoms with Crippen LogP contribution in [0.3, 0.4) is 0 Å². The number of rotatable bonds is 7. The van der Waals surface area contributed by atoms with Crippen molar-refractivity contribution in [2.75, 3.05) is 13.1 Å². The summed E-state index contributed by atoms with van der Waals surface area (Å²) in [6, 6.07) is 10.1. The van der Waals surface area contributed by atoms with Crippen LogP contribution in [0.1, 0.15) is 52.7 Å². The van der Waals surface area contributed by atoms with Crippen molar-refractivity contribution in [3.63, 3.8) is 0 Å². The molecule has 0 saturated heterocycles. The van der Waals surface area contributed by atoms with Crippen LogP contribution in [0.4, 0.5) is 0 Å². The van der Waals surface area contributed by atoms with Gasteiger partial charge in [0.05, 0.1) is 12.4 Å². The third-order valence-electron chi connectivity index (χ3n) is 3.96. The van der Waals surface area contributed by atoms with Crippen LogP contribution in [0.25, 0.3) is 0 Å². The maximum Gasteiger partial charge on any atom is 0.356 e. The first-order valence-electron chi connectivity index (χ1n) is 7.96. The van der Waals surface area contributed by atoms with Crippen LogP contribution in [0.2, 0.25) is 0 Å². The summed E-state index contributed by atoms with van der Waals surface area (Å²) in [5.41, 5.74) is 1.17. The number of carboxylic acids is 1. The molecule has 0 aliphatic carbocycles. The van der Waals surface area contributed by atoms with Gasteiger partial charge in [-0.15, -0.1) is 0 Å². The van der Waals surface area contributed by atoms with Gasteiger partial charge in [0.2, 0.25) is 0 Å². The Hall–Kier alpha value is -2.76. The predicted molar refractivity (Wildman–Crippen MR) is 90.0 cm³/mol. The number of benzene rings is 1. The fourth-order valence-corrected chi connectivity index (χ4v) is 2.53. The lowest BCUT2D eigenvalue weighted by molar-refractivity contribution is 0.0685. The van der Waals surface area contributed by atoms with Gasteiger partial charge in [-0.3, -0.25) is 4.79 Å². The van der Waals surface area contributed by atoms with Gasteiger partial charge in [-0.05, 0) is 18.9 Å². The molecule has 1 amide bonds. The topological polar surface area (TPSA) is 83.4 Å². The molecule has 0 aliphatic rings. The Bertz CT molecular complexity index is 686. The van der Waals surface area contributed by atoms with Crippen LogP contribution < -0.4 is 0 Å². The molecule has 6 nitrogen and oxygen atoms in total. The van der Waals surface area contributed by atoms with Crippen molar-refractivity contribution in [2.45, 2.75) is 26.2 Å². The molecule has 0 radical (unpaired) electrons. The average Bonchev–Trinajstić information content (AvgIpc) is 2.63. The molecular formula is C18H21N3O3. The van der Waals surface area contributed by atoms with Crippen molar-refractivity contribution < 1.29 is 14.7 Å². The quantitative estimate of drug-likeness (QED) is 0.845. The molecule has 1 heterocycles. The van der Waals surface area contributed by atoms with E-state index in [1.54, 1.807) is 4.90 Å². The summed E-state index contributed by atoms with van der Waals surface area (Å²) < 4.78 is 0. The van der Waals surface area contributed by atoms with Gasteiger partial charge in [-0.25, -0.2) is 14.8 Å². The molecule has 6 heteroatoms. The summed E-state index contributed by atoms with van der Waals surface area (Å²) in [5.74, 6) is -1.17. The van der Waals surface area contributed by atoms with Gasteiger partial charge in [0.25, 0.3) is 5.91 Å². The minimum Gasteiger partial charge on any atom is -0.476 e. The highest BCUT2D eigenvalue weighted by Gasteiger charge is 2.21. The second kappa shape index (κ2) is 8.19. The van der Waals surface area contributed by atoms with E-state index >= 15 is 0 Å². The van der Waals surface area contributed by atoms with Crippen molar-refractivity contribution >= 4 is 11.9 Å². The Morgan fingerprint density at radius 3 is 2.21 bits per heavy atom. The van der Waals surface area contributed by atoms with E-state index in [0.29, 0.717) is 13.1 Å². The Morgan fingerprint density at radius 2 is 1.71 bits per heavy atom. The van der Waals surface area contributed by atoms with E-state index in [1.807, 2.05) is 25.1 Å². The first kappa shape index (κ1) is 17.6. The van der Waals surface area contributed by atoms with Crippen LogP contribution in [0.5, 0.6) is 0 Å². The van der Waals surface area contributed by atoms with Crippen LogP contribution in [0, 0.1) is 0 Å². The van der Waals surface area contributed by atoms with E-state index in [9.17, 15) is 9.59 Å². The Labute approximate surface area is 141 Å². The second-order valence-corrected chi connectivity index (χ2v) is 5.45. The number of carboxylic acid groups (broad SMARTS) is 1. The molecule has 0 aliphatic heterocycles. The molecule has 126 valence electrons. The number of aromatic nitrogens is 2. The van der Waals surface area contributed by atoms with Gasteiger partial charge in [0.15, 0.2) is 5.69 Å². The standard InChI is InChI=1S/C18H21N3O3/c1-3-13(14-8-6-5-7-9-14)12-21(4-2)17(22)15-10-20-16(11-19-15)18(23)24/h5-11,13H,3-4,12H2,1-2H3,(H,23,24). The summed E-state index contributed by atoms with van der Waals surface area (Å²) in [5, 5.41) is 8.85. The minimum atomic E-state index is -1.16. The van der Waals surface area contributed by atoms with E-state index in [-0.39, 0.29) is 23.2 Å². The molecule has 1 aromatic carbocycles. The molecule has 0 fully saturated rings. The maximum atomic E-state index is 12.6. The monoisotopic (exact) mass is 327 g/mol. The second-order valence-electron chi connectivity index (χ2n) is 5.45. The van der Waals surface area contributed by atoms with Gasteiger partial charge in [0, 0.05) is 19.0 Å². The highest BCUT2D eigenvalue weighted by Crippen LogP contribution is 2.21. The van der Waals surface area contributed by atoms with Gasteiger partial charge in [0.1, 0.15) is 5.69 Å². The zero-order chi connectivity index (χ0) is 17.5. The molecule has 24 heavy (non-hydrogen) atoms. The normalized spacial score (nSPS) is 11.8. The molecule has 0 spiro atoms. The minimum absolute atomic E-state index is 0.157. The van der Waals surface area contributed by atoms with Crippen molar-refractivity contribution in [1.29, 1.82) is 0 Å². The largest absolute Gasteiger partial charge is 0.476 e. The van der Waals surface area contributed by atoms with Crippen LogP contribution in [-0.2, 0) is 0 Å². The van der Waals surface area contributed by atoms with Gasteiger partial charge >= 0.3 is 5.97 Å². The lowest BCUT2D eigenvalue weighted by atomic mass is 9.96. The fraction of sp³-hybridized carbons (Fsp3) is 0.333. The third-order valence-corrected chi connectivity index (χ3v) is 3.96. The lowest BCUT2D eigenvalue weighted by Gasteiger charge is -2.26. The molecule has 2 rings (SSSR count). The van der Waals surface area contributed by atoms with E-state index in [1.165, 1.54) is 11.8 Å². The van der Waals surface area contributed by atoms with Crippen molar-refractivity contribution in [2.24, 2.45) is 0 Å². The van der Waals surface area contributed by atoms with E-state index < -0.39 is 5.97 Å². The van der Waals surface area contributed by atoms with E-state index in [4.69, 9.17) is 5.11 Å². The summed E-state index contributed by atoms with van der Waals surface area (Å²) in [6.07, 6.45) is 3.24. The molecule has 0 bridgehead atoms. The SMILES string of the molecule is CCC(CN(CC)C(=O)c1cnc(C(=O)O)cn1)c1ccccc1. The van der Waals surface area contributed by atoms with Crippen LogP contribution in [-0.4, -0.2) is 44.9 Å². The summed E-state index contributed by atoms with van der Waals surface area (Å²) >= 11 is 0. The summed E-state index contributed by atoms with van der Waals surface area (Å²) in [7, 11) is 0. The number of nitrogens with zero attached hydrogens (tertiary/aromatic N) is 3. The molecular weight excluding hydrogens is 306 g/mol. The highest BCUT2D eigenvalue weighted by atomic mass is 16.4. The summed E-state index contributed by atoms with van der Waals surface area (Å²) in [4.78, 5) is 32.8. The van der Waals surface area contributed by atoms with Crippen LogP contribution >= 0.6 is 0 Å². The number of carbonyl (C=O) groups is 2. The Kier molecular flexibility index (Phi) is 6.01. The van der Waals surface area contributed by atoms with Crippen LogP contribution in [0.15, 0.2) is 42.7 Å². The van der Waals surface area contributed by atoms with Gasteiger partial charge in [-0.1, -0.05) is 37.3 Å². The predicted octanol–water partition coefficient (Wildman–Crippen LogP) is 2.83. The van der Waals surface area contributed by atoms with E-state index in [0.717, 1.165) is 12.6 Å². The number of aromatic carboxylic acids is 1. The third kappa shape index (κ3) is 4.16. The van der Waals surface area contributed by atoms with Gasteiger partial charge in [-0.2, -0.15) is 0 Å². The Balaban J connectivity index is 2.14. The molecule has 2 aromatic rings. The van der Waals surface area contributed by atoms with Crippen molar-refractivity contribution in [3.05, 3.63) is 59.7 Å². The molecule has 1 atom stereocenters. The Morgan fingerprint density at radius 1 is 1.08 bits per heavy atom. The lowest BCUT2D eigenvalue weighted by Crippen LogP contribution is -2.35. The molecule has 1 N–H and O–H groups in total.